The zero-order valence-electron chi connectivity index (χ0n) is 9.72. The van der Waals surface area contributed by atoms with Gasteiger partial charge >= 0.3 is 0 Å². The maximum atomic E-state index is 8.99. The molecule has 1 heterocycles. The highest BCUT2D eigenvalue weighted by Crippen LogP contribution is 2.01. The van der Waals surface area contributed by atoms with E-state index in [1.807, 2.05) is 4.57 Å². The standard InChI is InChI=1S/C10H20N4O/c1-4-9(2)13(3)5-6-14-8-11-12-10(14)7-15/h8-9,15H,4-7H2,1-3H3. The van der Waals surface area contributed by atoms with Crippen LogP contribution in [-0.2, 0) is 13.2 Å². The molecule has 0 spiro atoms. The second kappa shape index (κ2) is 5.82. The van der Waals surface area contributed by atoms with Gasteiger partial charge in [-0.1, -0.05) is 6.92 Å². The molecule has 0 saturated carbocycles. The Morgan fingerprint density at radius 1 is 1.60 bits per heavy atom. The largest absolute Gasteiger partial charge is 0.388 e. The minimum Gasteiger partial charge on any atom is -0.388 e. The molecule has 1 aromatic heterocycles. The van der Waals surface area contributed by atoms with Gasteiger partial charge in [-0.15, -0.1) is 10.2 Å². The molecular formula is C10H20N4O. The van der Waals surface area contributed by atoms with Crippen molar-refractivity contribution in [3.8, 4) is 0 Å². The molecule has 0 saturated heterocycles. The Kier molecular flexibility index (Phi) is 4.71. The lowest BCUT2D eigenvalue weighted by atomic mass is 10.2. The molecule has 15 heavy (non-hydrogen) atoms. The molecule has 0 aromatic carbocycles. The molecule has 1 aromatic rings. The van der Waals surface area contributed by atoms with Crippen molar-refractivity contribution in [2.45, 2.75) is 39.5 Å². The summed E-state index contributed by atoms with van der Waals surface area (Å²) in [7, 11) is 2.11. The SMILES string of the molecule is CCC(C)N(C)CCn1cnnc1CO. The van der Waals surface area contributed by atoms with Crippen LogP contribution in [0.5, 0.6) is 0 Å². The average Bonchev–Trinajstić information content (AvgIpc) is 2.71. The predicted octanol–water partition coefficient (Wildman–Crippen LogP) is 0.501. The topological polar surface area (TPSA) is 54.2 Å². The Hall–Kier alpha value is -0.940. The second-order valence-electron chi connectivity index (χ2n) is 3.84. The molecule has 86 valence electrons. The first kappa shape index (κ1) is 12.1. The second-order valence-corrected chi connectivity index (χ2v) is 3.84. The third-order valence-electron chi connectivity index (χ3n) is 2.87. The summed E-state index contributed by atoms with van der Waals surface area (Å²) in [6.45, 7) is 6.11. The lowest BCUT2D eigenvalue weighted by molar-refractivity contribution is 0.232. The number of hydrogen-bond acceptors (Lipinski definition) is 4. The summed E-state index contributed by atoms with van der Waals surface area (Å²) < 4.78 is 1.89. The van der Waals surface area contributed by atoms with Crippen molar-refractivity contribution < 1.29 is 5.11 Å². The Labute approximate surface area is 90.7 Å². The number of likely N-dealkylation sites (N-methyl/N-ethyl adjacent to an activating group) is 1. The van der Waals surface area contributed by atoms with E-state index < -0.39 is 0 Å². The van der Waals surface area contributed by atoms with Gasteiger partial charge in [-0.3, -0.25) is 0 Å². The molecule has 0 radical (unpaired) electrons. The van der Waals surface area contributed by atoms with Gasteiger partial charge in [0.25, 0.3) is 0 Å². The fourth-order valence-electron chi connectivity index (χ4n) is 1.39. The highest BCUT2D eigenvalue weighted by Gasteiger charge is 2.08. The fourth-order valence-corrected chi connectivity index (χ4v) is 1.39. The number of hydrogen-bond donors (Lipinski definition) is 1. The summed E-state index contributed by atoms with van der Waals surface area (Å²) in [4.78, 5) is 2.29. The van der Waals surface area contributed by atoms with Crippen molar-refractivity contribution in [2.24, 2.45) is 0 Å². The molecule has 0 amide bonds. The molecule has 0 aliphatic carbocycles. The summed E-state index contributed by atoms with van der Waals surface area (Å²) in [6, 6.07) is 0.582. The summed E-state index contributed by atoms with van der Waals surface area (Å²) in [5, 5.41) is 16.6. The van der Waals surface area contributed by atoms with Gasteiger partial charge in [0.15, 0.2) is 5.82 Å². The van der Waals surface area contributed by atoms with Crippen molar-refractivity contribution >= 4 is 0 Å². The zero-order valence-corrected chi connectivity index (χ0v) is 9.72. The Bertz CT molecular complexity index is 287. The van der Waals surface area contributed by atoms with E-state index in [4.69, 9.17) is 5.11 Å². The molecule has 5 nitrogen and oxygen atoms in total. The van der Waals surface area contributed by atoms with Gasteiger partial charge in [0.1, 0.15) is 12.9 Å². The molecule has 1 atom stereocenters. The van der Waals surface area contributed by atoms with Crippen molar-refractivity contribution in [3.63, 3.8) is 0 Å². The van der Waals surface area contributed by atoms with Crippen LogP contribution in [0.15, 0.2) is 6.33 Å². The van der Waals surface area contributed by atoms with E-state index in [2.05, 4.69) is 36.0 Å². The van der Waals surface area contributed by atoms with Crippen LogP contribution in [0.3, 0.4) is 0 Å². The smallest absolute Gasteiger partial charge is 0.158 e. The highest BCUT2D eigenvalue weighted by atomic mass is 16.3. The number of nitrogens with zero attached hydrogens (tertiary/aromatic N) is 4. The summed E-state index contributed by atoms with van der Waals surface area (Å²) in [5.41, 5.74) is 0. The third-order valence-corrected chi connectivity index (χ3v) is 2.87. The maximum absolute atomic E-state index is 8.99. The first-order valence-corrected chi connectivity index (χ1v) is 5.36. The van der Waals surface area contributed by atoms with Crippen LogP contribution in [0.1, 0.15) is 26.1 Å². The van der Waals surface area contributed by atoms with Crippen molar-refractivity contribution in [1.29, 1.82) is 0 Å². The first-order chi connectivity index (χ1) is 7.19. The van der Waals surface area contributed by atoms with Gasteiger partial charge in [0.2, 0.25) is 0 Å². The molecule has 5 heteroatoms. The molecule has 0 fully saturated rings. The maximum Gasteiger partial charge on any atom is 0.158 e. The monoisotopic (exact) mass is 212 g/mol. The van der Waals surface area contributed by atoms with Gasteiger partial charge in [0, 0.05) is 19.1 Å². The van der Waals surface area contributed by atoms with Crippen LogP contribution in [0.4, 0.5) is 0 Å². The van der Waals surface area contributed by atoms with Crippen molar-refractivity contribution in [1.82, 2.24) is 19.7 Å². The summed E-state index contributed by atoms with van der Waals surface area (Å²) >= 11 is 0. The van der Waals surface area contributed by atoms with Crippen LogP contribution >= 0.6 is 0 Å². The molecular weight excluding hydrogens is 192 g/mol. The Balaban J connectivity index is 2.43. The van der Waals surface area contributed by atoms with Crippen LogP contribution < -0.4 is 0 Å². The number of aliphatic hydroxyl groups is 1. The van der Waals surface area contributed by atoms with E-state index in [0.29, 0.717) is 11.9 Å². The first-order valence-electron chi connectivity index (χ1n) is 5.36. The number of aromatic nitrogens is 3. The van der Waals surface area contributed by atoms with Gasteiger partial charge in [-0.05, 0) is 20.4 Å². The number of aliphatic hydroxyl groups excluding tert-OH is 1. The highest BCUT2D eigenvalue weighted by molar-refractivity contribution is 4.82. The van der Waals surface area contributed by atoms with Crippen LogP contribution in [-0.4, -0.2) is 44.4 Å². The van der Waals surface area contributed by atoms with Crippen molar-refractivity contribution in [2.75, 3.05) is 13.6 Å². The molecule has 1 N–H and O–H groups in total. The molecule has 1 unspecified atom stereocenters. The minimum absolute atomic E-state index is 0.0486. The van der Waals surface area contributed by atoms with E-state index in [1.54, 1.807) is 6.33 Å². The third kappa shape index (κ3) is 3.28. The minimum atomic E-state index is -0.0486. The molecule has 1 rings (SSSR count). The summed E-state index contributed by atoms with van der Waals surface area (Å²) in [6.07, 6.45) is 2.81. The van der Waals surface area contributed by atoms with Crippen LogP contribution in [0, 0.1) is 0 Å². The van der Waals surface area contributed by atoms with Gasteiger partial charge in [-0.2, -0.15) is 0 Å². The van der Waals surface area contributed by atoms with Gasteiger partial charge in [-0.25, -0.2) is 0 Å². The normalized spacial score (nSPS) is 13.4. The van der Waals surface area contributed by atoms with E-state index in [1.165, 1.54) is 0 Å². The van der Waals surface area contributed by atoms with Gasteiger partial charge in [0.05, 0.1) is 0 Å². The van der Waals surface area contributed by atoms with Crippen molar-refractivity contribution in [3.05, 3.63) is 12.2 Å². The number of rotatable bonds is 6. The van der Waals surface area contributed by atoms with E-state index in [9.17, 15) is 0 Å². The van der Waals surface area contributed by atoms with E-state index in [0.717, 1.165) is 19.5 Å². The lowest BCUT2D eigenvalue weighted by Gasteiger charge is -2.23. The Morgan fingerprint density at radius 3 is 2.93 bits per heavy atom. The van der Waals surface area contributed by atoms with Crippen LogP contribution in [0.25, 0.3) is 0 Å². The summed E-state index contributed by atoms with van der Waals surface area (Å²) in [5.74, 6) is 0.632. The fraction of sp³-hybridized carbons (Fsp3) is 0.800. The molecule has 0 aliphatic heterocycles. The predicted molar refractivity (Wildman–Crippen MR) is 58.3 cm³/mol. The quantitative estimate of drug-likeness (QED) is 0.746. The zero-order chi connectivity index (χ0) is 11.3. The lowest BCUT2D eigenvalue weighted by Crippen LogP contribution is -2.31. The van der Waals surface area contributed by atoms with Crippen LogP contribution in [0.2, 0.25) is 0 Å². The van der Waals surface area contributed by atoms with Gasteiger partial charge < -0.3 is 14.6 Å². The molecule has 0 bridgehead atoms. The Morgan fingerprint density at radius 2 is 2.33 bits per heavy atom. The van der Waals surface area contributed by atoms with E-state index >= 15 is 0 Å². The average molecular weight is 212 g/mol. The van der Waals surface area contributed by atoms with E-state index in [-0.39, 0.29) is 6.61 Å². The molecule has 0 aliphatic rings.